The molecule has 0 aliphatic heterocycles. The van der Waals surface area contributed by atoms with Crippen LogP contribution in [0.2, 0.25) is 0 Å². The quantitative estimate of drug-likeness (QED) is 0.561. The lowest BCUT2D eigenvalue weighted by molar-refractivity contribution is -0.143. The van der Waals surface area contributed by atoms with Crippen LogP contribution in [0.15, 0.2) is 18.2 Å². The fourth-order valence-corrected chi connectivity index (χ4v) is 1.69. The molecule has 17 heavy (non-hydrogen) atoms. The number of aryl methyl sites for hydroxylation is 2. The van der Waals surface area contributed by atoms with Crippen LogP contribution in [0.25, 0.3) is 0 Å². The van der Waals surface area contributed by atoms with Gasteiger partial charge in [-0.15, -0.1) is 0 Å². The average molecular weight is 234 g/mol. The third-order valence-electron chi connectivity index (χ3n) is 2.64. The molecule has 1 aromatic carbocycles. The highest BCUT2D eigenvalue weighted by Gasteiger charge is 2.04. The number of rotatable bonds is 6. The van der Waals surface area contributed by atoms with E-state index < -0.39 is 0 Å². The van der Waals surface area contributed by atoms with Crippen molar-refractivity contribution in [1.29, 1.82) is 0 Å². The normalized spacial score (nSPS) is 10.0. The Morgan fingerprint density at radius 3 is 2.82 bits per heavy atom. The number of hydrogen-bond donors (Lipinski definition) is 0. The van der Waals surface area contributed by atoms with Crippen molar-refractivity contribution in [3.8, 4) is 0 Å². The maximum Gasteiger partial charge on any atom is 0.305 e. The standard InChI is InChI=1S/C14H18O3/c1-3-17-14(16)6-4-5-13-9-12(10-15)8-7-11(13)2/h7-10H,3-6H2,1-2H3. The molecule has 1 rings (SSSR count). The SMILES string of the molecule is CCOC(=O)CCCc1cc(C=O)ccc1C. The zero-order valence-corrected chi connectivity index (χ0v) is 10.4. The number of carbonyl (C=O) groups is 2. The molecule has 0 saturated carbocycles. The Bertz CT molecular complexity index is 396. The first-order chi connectivity index (χ1) is 8.17. The summed E-state index contributed by atoms with van der Waals surface area (Å²) in [4.78, 5) is 21.8. The van der Waals surface area contributed by atoms with Crippen molar-refractivity contribution >= 4 is 12.3 Å². The minimum Gasteiger partial charge on any atom is -0.466 e. The fraction of sp³-hybridized carbons (Fsp3) is 0.429. The van der Waals surface area contributed by atoms with Crippen LogP contribution in [0.1, 0.15) is 41.3 Å². The summed E-state index contributed by atoms with van der Waals surface area (Å²) >= 11 is 0. The fourth-order valence-electron chi connectivity index (χ4n) is 1.69. The van der Waals surface area contributed by atoms with Crippen LogP contribution >= 0.6 is 0 Å². The van der Waals surface area contributed by atoms with Crippen LogP contribution in [0.3, 0.4) is 0 Å². The topological polar surface area (TPSA) is 43.4 Å². The molecular formula is C14H18O3. The third kappa shape index (κ3) is 4.39. The summed E-state index contributed by atoms with van der Waals surface area (Å²) in [6.45, 7) is 4.24. The summed E-state index contributed by atoms with van der Waals surface area (Å²) < 4.78 is 4.86. The molecule has 0 aromatic heterocycles. The van der Waals surface area contributed by atoms with Gasteiger partial charge in [0.2, 0.25) is 0 Å². The second kappa shape index (κ2) is 6.84. The van der Waals surface area contributed by atoms with Crippen molar-refractivity contribution in [2.75, 3.05) is 6.61 Å². The first-order valence-corrected chi connectivity index (χ1v) is 5.87. The number of carbonyl (C=O) groups excluding carboxylic acids is 2. The van der Waals surface area contributed by atoms with Crippen molar-refractivity contribution in [2.45, 2.75) is 33.1 Å². The maximum atomic E-state index is 11.2. The second-order valence-corrected chi connectivity index (χ2v) is 3.96. The van der Waals surface area contributed by atoms with E-state index in [0.717, 1.165) is 30.3 Å². The van der Waals surface area contributed by atoms with Crippen LogP contribution in [0, 0.1) is 6.92 Å². The Balaban J connectivity index is 2.51. The molecule has 0 radical (unpaired) electrons. The highest BCUT2D eigenvalue weighted by atomic mass is 16.5. The van der Waals surface area contributed by atoms with E-state index in [9.17, 15) is 9.59 Å². The van der Waals surface area contributed by atoms with Crippen molar-refractivity contribution in [2.24, 2.45) is 0 Å². The van der Waals surface area contributed by atoms with Gasteiger partial charge in [0, 0.05) is 12.0 Å². The molecule has 0 heterocycles. The number of esters is 1. The van der Waals surface area contributed by atoms with E-state index >= 15 is 0 Å². The zero-order chi connectivity index (χ0) is 12.7. The maximum absolute atomic E-state index is 11.2. The number of aldehydes is 1. The van der Waals surface area contributed by atoms with E-state index in [2.05, 4.69) is 0 Å². The van der Waals surface area contributed by atoms with Gasteiger partial charge in [0.15, 0.2) is 0 Å². The van der Waals surface area contributed by atoms with Crippen molar-refractivity contribution in [1.82, 2.24) is 0 Å². The van der Waals surface area contributed by atoms with E-state index in [1.54, 1.807) is 13.0 Å². The molecule has 0 N–H and O–H groups in total. The van der Waals surface area contributed by atoms with E-state index in [1.807, 2.05) is 19.1 Å². The smallest absolute Gasteiger partial charge is 0.305 e. The summed E-state index contributed by atoms with van der Waals surface area (Å²) in [5.74, 6) is -0.156. The summed E-state index contributed by atoms with van der Waals surface area (Å²) in [5.41, 5.74) is 2.96. The minimum atomic E-state index is -0.156. The van der Waals surface area contributed by atoms with Crippen LogP contribution in [0.4, 0.5) is 0 Å². The number of ether oxygens (including phenoxy) is 1. The van der Waals surface area contributed by atoms with Crippen LogP contribution in [-0.4, -0.2) is 18.9 Å². The molecule has 0 bridgehead atoms. The molecule has 92 valence electrons. The summed E-state index contributed by atoms with van der Waals surface area (Å²) in [7, 11) is 0. The number of hydrogen-bond acceptors (Lipinski definition) is 3. The van der Waals surface area contributed by atoms with Crippen molar-refractivity contribution in [3.63, 3.8) is 0 Å². The van der Waals surface area contributed by atoms with E-state index in [-0.39, 0.29) is 5.97 Å². The predicted octanol–water partition coefficient (Wildman–Crippen LogP) is 2.69. The molecule has 0 atom stereocenters. The molecule has 0 saturated heterocycles. The lowest BCUT2D eigenvalue weighted by Crippen LogP contribution is -2.04. The van der Waals surface area contributed by atoms with Gasteiger partial charge in [0.05, 0.1) is 6.61 Å². The highest BCUT2D eigenvalue weighted by molar-refractivity contribution is 5.75. The highest BCUT2D eigenvalue weighted by Crippen LogP contribution is 2.13. The zero-order valence-electron chi connectivity index (χ0n) is 10.4. The number of benzene rings is 1. The summed E-state index contributed by atoms with van der Waals surface area (Å²) in [6.07, 6.45) is 2.82. The predicted molar refractivity (Wildman–Crippen MR) is 66.1 cm³/mol. The van der Waals surface area contributed by atoms with Gasteiger partial charge in [-0.3, -0.25) is 9.59 Å². The molecular weight excluding hydrogens is 216 g/mol. The molecule has 0 spiro atoms. The van der Waals surface area contributed by atoms with E-state index in [4.69, 9.17) is 4.74 Å². The van der Waals surface area contributed by atoms with Gasteiger partial charge < -0.3 is 4.74 Å². The molecule has 0 unspecified atom stereocenters. The molecule has 0 amide bonds. The molecule has 0 aliphatic rings. The molecule has 3 heteroatoms. The molecule has 0 aliphatic carbocycles. The molecule has 0 fully saturated rings. The monoisotopic (exact) mass is 234 g/mol. The average Bonchev–Trinajstić information content (AvgIpc) is 2.32. The van der Waals surface area contributed by atoms with Crippen molar-refractivity contribution in [3.05, 3.63) is 34.9 Å². The summed E-state index contributed by atoms with van der Waals surface area (Å²) in [6, 6.07) is 5.62. The Labute approximate surface area is 102 Å². The Kier molecular flexibility index (Phi) is 5.40. The third-order valence-corrected chi connectivity index (χ3v) is 2.64. The van der Waals surface area contributed by atoms with Gasteiger partial charge in [-0.05, 0) is 43.9 Å². The lowest BCUT2D eigenvalue weighted by Gasteiger charge is -2.06. The molecule has 1 aromatic rings. The largest absolute Gasteiger partial charge is 0.466 e. The van der Waals surface area contributed by atoms with Crippen LogP contribution < -0.4 is 0 Å². The summed E-state index contributed by atoms with van der Waals surface area (Å²) in [5, 5.41) is 0. The first-order valence-electron chi connectivity index (χ1n) is 5.87. The van der Waals surface area contributed by atoms with Gasteiger partial charge in [0.25, 0.3) is 0 Å². The Hall–Kier alpha value is -1.64. The van der Waals surface area contributed by atoms with Crippen molar-refractivity contribution < 1.29 is 14.3 Å². The van der Waals surface area contributed by atoms with Gasteiger partial charge >= 0.3 is 5.97 Å². The van der Waals surface area contributed by atoms with Gasteiger partial charge in [-0.1, -0.05) is 12.1 Å². The van der Waals surface area contributed by atoms with Gasteiger partial charge in [-0.2, -0.15) is 0 Å². The van der Waals surface area contributed by atoms with Crippen LogP contribution in [-0.2, 0) is 16.0 Å². The second-order valence-electron chi connectivity index (χ2n) is 3.96. The van der Waals surface area contributed by atoms with Gasteiger partial charge in [0.1, 0.15) is 6.29 Å². The Morgan fingerprint density at radius 2 is 2.18 bits per heavy atom. The van der Waals surface area contributed by atoms with E-state index in [0.29, 0.717) is 18.6 Å². The minimum absolute atomic E-state index is 0.156. The van der Waals surface area contributed by atoms with Gasteiger partial charge in [-0.25, -0.2) is 0 Å². The lowest BCUT2D eigenvalue weighted by atomic mass is 10.0. The van der Waals surface area contributed by atoms with Crippen LogP contribution in [0.5, 0.6) is 0 Å². The molecule has 3 nitrogen and oxygen atoms in total. The Morgan fingerprint density at radius 1 is 1.41 bits per heavy atom. The van der Waals surface area contributed by atoms with E-state index in [1.165, 1.54) is 0 Å². The first kappa shape index (κ1) is 13.4.